The van der Waals surface area contributed by atoms with Gasteiger partial charge in [0, 0.05) is 35.8 Å². The van der Waals surface area contributed by atoms with Crippen LogP contribution in [0.1, 0.15) is 30.7 Å². The number of halogens is 1. The Morgan fingerprint density at radius 3 is 2.48 bits per heavy atom. The zero-order valence-electron chi connectivity index (χ0n) is 16.9. The predicted molar refractivity (Wildman–Crippen MR) is 113 cm³/mol. The third-order valence-electron chi connectivity index (χ3n) is 4.80. The molecule has 3 aromatic rings. The number of nitrogens with zero attached hydrogens (tertiary/aromatic N) is 2. The lowest BCUT2D eigenvalue weighted by molar-refractivity contribution is -0.116. The Bertz CT molecular complexity index is 1090. The molecule has 0 saturated heterocycles. The first-order valence-electron chi connectivity index (χ1n) is 10.0. The summed E-state index contributed by atoms with van der Waals surface area (Å²) in [5.74, 6) is 0.0248. The van der Waals surface area contributed by atoms with E-state index in [1.54, 1.807) is 43.3 Å². The second kappa shape index (κ2) is 8.95. The molecule has 1 heterocycles. The number of anilines is 2. The maximum absolute atomic E-state index is 13.7. The normalized spacial score (nSPS) is 13.0. The van der Waals surface area contributed by atoms with E-state index in [0.29, 0.717) is 28.4 Å². The largest absolute Gasteiger partial charge is 0.339 e. The molecule has 0 atom stereocenters. The molecule has 3 N–H and O–H groups in total. The van der Waals surface area contributed by atoms with Crippen molar-refractivity contribution in [1.29, 1.82) is 0 Å². The SMILES string of the molecule is Cc1ccc(-c2noc(CCC(=O)Nc3ccc(NC(=O)NC4CC4)cc3)n2)cc1F. The average molecular weight is 423 g/mol. The molecule has 8 nitrogen and oxygen atoms in total. The third kappa shape index (κ3) is 5.65. The van der Waals surface area contributed by atoms with E-state index in [1.807, 2.05) is 0 Å². The summed E-state index contributed by atoms with van der Waals surface area (Å²) in [6, 6.07) is 11.6. The summed E-state index contributed by atoms with van der Waals surface area (Å²) in [5.41, 5.74) is 2.30. The number of hydrogen-bond donors (Lipinski definition) is 3. The average Bonchev–Trinajstić information content (AvgIpc) is 3.43. The number of urea groups is 1. The highest BCUT2D eigenvalue weighted by molar-refractivity contribution is 5.92. The summed E-state index contributed by atoms with van der Waals surface area (Å²) in [6.07, 6.45) is 2.45. The minimum absolute atomic E-state index is 0.147. The van der Waals surface area contributed by atoms with E-state index < -0.39 is 0 Å². The van der Waals surface area contributed by atoms with Crippen molar-refractivity contribution in [1.82, 2.24) is 15.5 Å². The minimum atomic E-state index is -0.340. The molecule has 1 aliphatic carbocycles. The highest BCUT2D eigenvalue weighted by Crippen LogP contribution is 2.20. The first-order chi connectivity index (χ1) is 15.0. The fourth-order valence-electron chi connectivity index (χ4n) is 2.87. The van der Waals surface area contributed by atoms with Gasteiger partial charge in [0.1, 0.15) is 5.82 Å². The lowest BCUT2D eigenvalue weighted by atomic mass is 10.1. The second-order valence-electron chi connectivity index (χ2n) is 7.47. The Labute approximate surface area is 178 Å². The van der Waals surface area contributed by atoms with Crippen molar-refractivity contribution in [2.75, 3.05) is 10.6 Å². The maximum atomic E-state index is 13.7. The van der Waals surface area contributed by atoms with E-state index in [2.05, 4.69) is 26.1 Å². The summed E-state index contributed by atoms with van der Waals surface area (Å²) in [4.78, 5) is 28.2. The number of amides is 3. The summed E-state index contributed by atoms with van der Waals surface area (Å²) in [6.45, 7) is 1.68. The number of aryl methyl sites for hydroxylation is 2. The van der Waals surface area contributed by atoms with Gasteiger partial charge in [0.15, 0.2) is 0 Å². The second-order valence-corrected chi connectivity index (χ2v) is 7.47. The molecule has 0 aliphatic heterocycles. The molecule has 1 saturated carbocycles. The van der Waals surface area contributed by atoms with Gasteiger partial charge in [-0.3, -0.25) is 4.79 Å². The van der Waals surface area contributed by atoms with Crippen LogP contribution in [0.5, 0.6) is 0 Å². The maximum Gasteiger partial charge on any atom is 0.319 e. The first-order valence-corrected chi connectivity index (χ1v) is 10.0. The number of benzene rings is 2. The molecule has 1 aliphatic rings. The van der Waals surface area contributed by atoms with Gasteiger partial charge in [0.2, 0.25) is 17.6 Å². The Kier molecular flexibility index (Phi) is 5.92. The van der Waals surface area contributed by atoms with Gasteiger partial charge in [-0.05, 0) is 55.7 Å². The summed E-state index contributed by atoms with van der Waals surface area (Å²) in [7, 11) is 0. The molecular formula is C22H22FN5O3. The highest BCUT2D eigenvalue weighted by Gasteiger charge is 2.23. The summed E-state index contributed by atoms with van der Waals surface area (Å²) in [5, 5.41) is 12.2. The first kappa shape index (κ1) is 20.5. The zero-order chi connectivity index (χ0) is 21.8. The minimum Gasteiger partial charge on any atom is -0.339 e. The summed E-state index contributed by atoms with van der Waals surface area (Å²) >= 11 is 0. The van der Waals surface area contributed by atoms with E-state index in [4.69, 9.17) is 4.52 Å². The van der Waals surface area contributed by atoms with Crippen molar-refractivity contribution in [3.8, 4) is 11.4 Å². The van der Waals surface area contributed by atoms with Crippen LogP contribution in [-0.4, -0.2) is 28.1 Å². The van der Waals surface area contributed by atoms with Gasteiger partial charge in [-0.1, -0.05) is 17.3 Å². The predicted octanol–water partition coefficient (Wildman–Crippen LogP) is 4.04. The van der Waals surface area contributed by atoms with Crippen molar-refractivity contribution >= 4 is 23.3 Å². The van der Waals surface area contributed by atoms with Gasteiger partial charge in [-0.2, -0.15) is 4.98 Å². The molecule has 9 heteroatoms. The monoisotopic (exact) mass is 423 g/mol. The van der Waals surface area contributed by atoms with Crippen LogP contribution >= 0.6 is 0 Å². The number of hydrogen-bond acceptors (Lipinski definition) is 5. The van der Waals surface area contributed by atoms with E-state index in [1.165, 1.54) is 6.07 Å². The van der Waals surface area contributed by atoms with Crippen LogP contribution in [0.25, 0.3) is 11.4 Å². The number of rotatable bonds is 7. The van der Waals surface area contributed by atoms with Crippen LogP contribution in [-0.2, 0) is 11.2 Å². The molecule has 160 valence electrons. The Morgan fingerprint density at radius 1 is 1.10 bits per heavy atom. The van der Waals surface area contributed by atoms with Gasteiger partial charge < -0.3 is 20.5 Å². The molecule has 0 radical (unpaired) electrons. The topological polar surface area (TPSA) is 109 Å². The molecule has 4 rings (SSSR count). The van der Waals surface area contributed by atoms with Crippen LogP contribution in [0.3, 0.4) is 0 Å². The van der Waals surface area contributed by atoms with Gasteiger partial charge in [0.25, 0.3) is 0 Å². The molecule has 1 aromatic heterocycles. The van der Waals surface area contributed by atoms with Gasteiger partial charge in [-0.25, -0.2) is 9.18 Å². The lowest BCUT2D eigenvalue weighted by Crippen LogP contribution is -2.30. The van der Waals surface area contributed by atoms with E-state index in [-0.39, 0.29) is 42.5 Å². The van der Waals surface area contributed by atoms with E-state index >= 15 is 0 Å². The lowest BCUT2D eigenvalue weighted by Gasteiger charge is -2.08. The van der Waals surface area contributed by atoms with Crippen LogP contribution < -0.4 is 16.0 Å². The Hall–Kier alpha value is -3.75. The van der Waals surface area contributed by atoms with Crippen molar-refractivity contribution < 1.29 is 18.5 Å². The van der Waals surface area contributed by atoms with Crippen molar-refractivity contribution in [2.24, 2.45) is 0 Å². The molecule has 0 unspecified atom stereocenters. The third-order valence-corrected chi connectivity index (χ3v) is 4.80. The molecular weight excluding hydrogens is 401 g/mol. The Morgan fingerprint density at radius 2 is 1.81 bits per heavy atom. The van der Waals surface area contributed by atoms with Crippen LogP contribution in [0, 0.1) is 12.7 Å². The van der Waals surface area contributed by atoms with Crippen molar-refractivity contribution in [3.63, 3.8) is 0 Å². The molecule has 2 aromatic carbocycles. The zero-order valence-corrected chi connectivity index (χ0v) is 16.9. The molecule has 1 fully saturated rings. The van der Waals surface area contributed by atoms with Crippen LogP contribution in [0.2, 0.25) is 0 Å². The van der Waals surface area contributed by atoms with Crippen LogP contribution in [0.15, 0.2) is 47.0 Å². The fraction of sp³-hybridized carbons (Fsp3) is 0.273. The number of carbonyl (C=O) groups is 2. The van der Waals surface area contributed by atoms with Crippen LogP contribution in [0.4, 0.5) is 20.6 Å². The van der Waals surface area contributed by atoms with Gasteiger partial charge >= 0.3 is 6.03 Å². The highest BCUT2D eigenvalue weighted by atomic mass is 19.1. The van der Waals surface area contributed by atoms with Crippen molar-refractivity contribution in [3.05, 3.63) is 59.7 Å². The Balaban J connectivity index is 1.26. The number of carbonyl (C=O) groups excluding carboxylic acids is 2. The quantitative estimate of drug-likeness (QED) is 0.531. The number of nitrogens with one attached hydrogen (secondary N) is 3. The van der Waals surface area contributed by atoms with E-state index in [9.17, 15) is 14.0 Å². The van der Waals surface area contributed by atoms with Gasteiger partial charge in [0.05, 0.1) is 0 Å². The standard InChI is InChI=1S/C22H22FN5O3/c1-13-2-3-14(12-18(13)23)21-27-20(31-28-21)11-10-19(29)24-15-4-6-16(7-5-15)25-22(30)26-17-8-9-17/h2-7,12,17H,8-11H2,1H3,(H,24,29)(H2,25,26,30). The molecule has 31 heavy (non-hydrogen) atoms. The number of aromatic nitrogens is 2. The van der Waals surface area contributed by atoms with Crippen molar-refractivity contribution in [2.45, 2.75) is 38.6 Å². The molecule has 0 spiro atoms. The molecule has 3 amide bonds. The fourth-order valence-corrected chi connectivity index (χ4v) is 2.87. The smallest absolute Gasteiger partial charge is 0.319 e. The molecule has 0 bridgehead atoms. The summed E-state index contributed by atoms with van der Waals surface area (Å²) < 4.78 is 18.9. The van der Waals surface area contributed by atoms with E-state index in [0.717, 1.165) is 12.8 Å². The van der Waals surface area contributed by atoms with Gasteiger partial charge in [-0.15, -0.1) is 0 Å².